The van der Waals surface area contributed by atoms with Crippen LogP contribution in [0.5, 0.6) is 0 Å². The zero-order valence-corrected chi connectivity index (χ0v) is 13.5. The zero-order valence-electron chi connectivity index (χ0n) is 11.1. The highest BCUT2D eigenvalue weighted by Gasteiger charge is 2.28. The largest absolute Gasteiger partial charge is 0.205 e. The lowest BCUT2D eigenvalue weighted by atomic mass is 9.77. The van der Waals surface area contributed by atoms with Gasteiger partial charge in [-0.05, 0) is 36.3 Å². The standard InChI is InChI=1S/C15H21BrClF/c1-3-5-9-15(4-2,11-16)10-12-7-6-8-13(17)14(12)18/h6-8H,3-5,9-11H2,1-2H3. The first-order valence-electron chi connectivity index (χ1n) is 6.57. The number of hydrogen-bond acceptors (Lipinski definition) is 0. The fourth-order valence-electron chi connectivity index (χ4n) is 2.24. The molecule has 0 aliphatic heterocycles. The highest BCUT2D eigenvalue weighted by Crippen LogP contribution is 2.36. The van der Waals surface area contributed by atoms with Crippen LogP contribution in [0.15, 0.2) is 18.2 Å². The normalized spacial score (nSPS) is 14.5. The Bertz CT molecular complexity index is 375. The van der Waals surface area contributed by atoms with E-state index in [0.29, 0.717) is 0 Å². The Kier molecular flexibility index (Phi) is 6.65. The van der Waals surface area contributed by atoms with Gasteiger partial charge in [-0.25, -0.2) is 4.39 Å². The van der Waals surface area contributed by atoms with Crippen LogP contribution in [0.4, 0.5) is 4.39 Å². The molecule has 1 atom stereocenters. The summed E-state index contributed by atoms with van der Waals surface area (Å²) in [5, 5.41) is 1.13. The van der Waals surface area contributed by atoms with Crippen LogP contribution in [-0.2, 0) is 6.42 Å². The molecule has 0 N–H and O–H groups in total. The van der Waals surface area contributed by atoms with Gasteiger partial charge in [0.05, 0.1) is 5.02 Å². The molecule has 0 aliphatic rings. The molecule has 1 aromatic carbocycles. The third kappa shape index (κ3) is 3.96. The van der Waals surface area contributed by atoms with Gasteiger partial charge in [-0.3, -0.25) is 0 Å². The van der Waals surface area contributed by atoms with Crippen LogP contribution >= 0.6 is 27.5 Å². The predicted octanol–water partition coefficient (Wildman–Crippen LogP) is 6.00. The summed E-state index contributed by atoms with van der Waals surface area (Å²) >= 11 is 9.46. The molecule has 0 bridgehead atoms. The van der Waals surface area contributed by atoms with Crippen molar-refractivity contribution in [1.82, 2.24) is 0 Å². The van der Waals surface area contributed by atoms with Gasteiger partial charge in [0.1, 0.15) is 5.82 Å². The van der Waals surface area contributed by atoms with E-state index in [0.717, 1.165) is 30.2 Å². The minimum absolute atomic E-state index is 0.140. The van der Waals surface area contributed by atoms with Gasteiger partial charge in [0.2, 0.25) is 0 Å². The first kappa shape index (κ1) is 16.0. The van der Waals surface area contributed by atoms with Crippen molar-refractivity contribution in [3.63, 3.8) is 0 Å². The summed E-state index contributed by atoms with van der Waals surface area (Å²) in [5.74, 6) is -0.255. The Labute approximate surface area is 123 Å². The van der Waals surface area contributed by atoms with E-state index < -0.39 is 0 Å². The first-order valence-corrected chi connectivity index (χ1v) is 8.07. The fraction of sp³-hybridized carbons (Fsp3) is 0.600. The Morgan fingerprint density at radius 2 is 2.06 bits per heavy atom. The average Bonchev–Trinajstić information content (AvgIpc) is 2.40. The zero-order chi connectivity index (χ0) is 13.6. The van der Waals surface area contributed by atoms with Gasteiger partial charge < -0.3 is 0 Å². The Morgan fingerprint density at radius 1 is 1.33 bits per heavy atom. The molecule has 0 spiro atoms. The fourth-order valence-corrected chi connectivity index (χ4v) is 3.31. The van der Waals surface area contributed by atoms with Crippen molar-refractivity contribution in [2.24, 2.45) is 5.41 Å². The number of rotatable bonds is 7. The van der Waals surface area contributed by atoms with E-state index in [4.69, 9.17) is 11.6 Å². The van der Waals surface area contributed by atoms with Gasteiger partial charge in [-0.15, -0.1) is 0 Å². The molecule has 0 radical (unpaired) electrons. The molecule has 1 rings (SSSR count). The summed E-state index contributed by atoms with van der Waals surface area (Å²) in [4.78, 5) is 0. The summed E-state index contributed by atoms with van der Waals surface area (Å²) in [6.07, 6.45) is 5.27. The molecular formula is C15H21BrClF. The highest BCUT2D eigenvalue weighted by atomic mass is 79.9. The van der Waals surface area contributed by atoms with Crippen LogP contribution in [0.1, 0.15) is 45.1 Å². The summed E-state index contributed by atoms with van der Waals surface area (Å²) in [7, 11) is 0. The van der Waals surface area contributed by atoms with Gasteiger partial charge >= 0.3 is 0 Å². The number of unbranched alkanes of at least 4 members (excludes halogenated alkanes) is 1. The molecule has 0 aromatic heterocycles. The Morgan fingerprint density at radius 3 is 2.61 bits per heavy atom. The van der Waals surface area contributed by atoms with Crippen LogP contribution < -0.4 is 0 Å². The van der Waals surface area contributed by atoms with Crippen molar-refractivity contribution in [2.75, 3.05) is 5.33 Å². The second-order valence-corrected chi connectivity index (χ2v) is 5.95. The van der Waals surface area contributed by atoms with Gasteiger partial charge in [-0.2, -0.15) is 0 Å². The Balaban J connectivity index is 2.92. The van der Waals surface area contributed by atoms with Crippen molar-refractivity contribution < 1.29 is 4.39 Å². The molecule has 0 saturated carbocycles. The van der Waals surface area contributed by atoms with Crippen LogP contribution in [0.25, 0.3) is 0 Å². The van der Waals surface area contributed by atoms with Crippen LogP contribution in [-0.4, -0.2) is 5.33 Å². The van der Waals surface area contributed by atoms with Gasteiger partial charge in [0, 0.05) is 5.33 Å². The molecule has 0 fully saturated rings. The maximum atomic E-state index is 14.0. The number of alkyl halides is 1. The average molecular weight is 336 g/mol. The van der Waals surface area contributed by atoms with Gasteiger partial charge in [-0.1, -0.05) is 66.4 Å². The molecule has 0 aliphatic carbocycles. The van der Waals surface area contributed by atoms with Crippen molar-refractivity contribution in [3.8, 4) is 0 Å². The molecule has 1 aromatic rings. The molecular weight excluding hydrogens is 315 g/mol. The van der Waals surface area contributed by atoms with Crippen molar-refractivity contribution >= 4 is 27.5 Å². The highest BCUT2D eigenvalue weighted by molar-refractivity contribution is 9.09. The summed E-state index contributed by atoms with van der Waals surface area (Å²) in [5.41, 5.74) is 0.876. The minimum Gasteiger partial charge on any atom is -0.205 e. The van der Waals surface area contributed by atoms with E-state index in [1.165, 1.54) is 12.8 Å². The maximum Gasteiger partial charge on any atom is 0.144 e. The first-order chi connectivity index (χ1) is 8.58. The molecule has 0 nitrogen and oxygen atoms in total. The third-order valence-electron chi connectivity index (χ3n) is 3.69. The molecule has 0 saturated heterocycles. The third-order valence-corrected chi connectivity index (χ3v) is 5.17. The van der Waals surface area contributed by atoms with E-state index in [2.05, 4.69) is 29.8 Å². The van der Waals surface area contributed by atoms with E-state index in [9.17, 15) is 4.39 Å². The Hall–Kier alpha value is -0.0800. The lowest BCUT2D eigenvalue weighted by molar-refractivity contribution is 0.280. The molecule has 102 valence electrons. The second-order valence-electron chi connectivity index (χ2n) is 4.98. The van der Waals surface area contributed by atoms with E-state index in [1.807, 2.05) is 12.1 Å². The number of hydrogen-bond donors (Lipinski definition) is 0. The van der Waals surface area contributed by atoms with Crippen LogP contribution in [0, 0.1) is 11.2 Å². The topological polar surface area (TPSA) is 0 Å². The molecule has 0 amide bonds. The van der Waals surface area contributed by atoms with Crippen LogP contribution in [0.2, 0.25) is 5.02 Å². The van der Waals surface area contributed by atoms with Gasteiger partial charge in [0.25, 0.3) is 0 Å². The predicted molar refractivity (Wildman–Crippen MR) is 81.2 cm³/mol. The molecule has 1 unspecified atom stereocenters. The van der Waals surface area contributed by atoms with Crippen molar-refractivity contribution in [2.45, 2.75) is 46.0 Å². The maximum absolute atomic E-state index is 14.0. The molecule has 3 heteroatoms. The lowest BCUT2D eigenvalue weighted by Gasteiger charge is -2.31. The number of halogens is 3. The monoisotopic (exact) mass is 334 g/mol. The quantitative estimate of drug-likeness (QED) is 0.536. The van der Waals surface area contributed by atoms with Crippen molar-refractivity contribution in [3.05, 3.63) is 34.6 Å². The molecule has 0 heterocycles. The lowest BCUT2D eigenvalue weighted by Crippen LogP contribution is -2.25. The second kappa shape index (κ2) is 7.49. The summed E-state index contributed by atoms with van der Waals surface area (Å²) in [6.45, 7) is 4.37. The van der Waals surface area contributed by atoms with Gasteiger partial charge in [0.15, 0.2) is 0 Å². The van der Waals surface area contributed by atoms with Crippen molar-refractivity contribution in [1.29, 1.82) is 0 Å². The summed E-state index contributed by atoms with van der Waals surface area (Å²) < 4.78 is 14.0. The summed E-state index contributed by atoms with van der Waals surface area (Å²) in [6, 6.07) is 5.28. The van der Waals surface area contributed by atoms with Crippen LogP contribution in [0.3, 0.4) is 0 Å². The van der Waals surface area contributed by atoms with E-state index >= 15 is 0 Å². The molecule has 18 heavy (non-hydrogen) atoms. The van der Waals surface area contributed by atoms with E-state index in [1.54, 1.807) is 6.07 Å². The minimum atomic E-state index is -0.255. The number of benzene rings is 1. The smallest absolute Gasteiger partial charge is 0.144 e. The van der Waals surface area contributed by atoms with E-state index in [-0.39, 0.29) is 16.3 Å². The SMILES string of the molecule is CCCCC(CC)(CBr)Cc1cccc(Cl)c1F.